The quantitative estimate of drug-likeness (QED) is 0.687. The van der Waals surface area contributed by atoms with Gasteiger partial charge in [0.1, 0.15) is 5.82 Å². The maximum absolute atomic E-state index is 12.5. The number of aromatic nitrogens is 3. The van der Waals surface area contributed by atoms with Gasteiger partial charge in [0.15, 0.2) is 0 Å². The second-order valence-corrected chi connectivity index (χ2v) is 6.28. The Kier molecular flexibility index (Phi) is 7.08. The minimum absolute atomic E-state index is 0. The van der Waals surface area contributed by atoms with E-state index in [1.165, 1.54) is 0 Å². The highest BCUT2D eigenvalue weighted by molar-refractivity contribution is 6.31. The topological polar surface area (TPSA) is 71.9 Å². The number of rotatable bonds is 3. The molecule has 1 saturated heterocycles. The molecule has 0 radical (unpaired) electrons. The van der Waals surface area contributed by atoms with Crippen molar-refractivity contribution in [3.63, 3.8) is 0 Å². The predicted molar refractivity (Wildman–Crippen MR) is 108 cm³/mol. The van der Waals surface area contributed by atoms with Gasteiger partial charge in [-0.05, 0) is 23.6 Å². The molecular formula is C17H19Cl3N4O2. The molecule has 1 fully saturated rings. The Hall–Kier alpha value is -1.57. The van der Waals surface area contributed by atoms with Crippen LogP contribution in [0.5, 0.6) is 0 Å². The molecule has 1 aromatic carbocycles. The molecule has 4 rings (SSSR count). The van der Waals surface area contributed by atoms with Gasteiger partial charge in [-0.25, -0.2) is 4.98 Å². The van der Waals surface area contributed by atoms with Crippen LogP contribution in [0.25, 0.3) is 22.3 Å². The largest absolute Gasteiger partial charge is 0.374 e. The third-order valence-corrected chi connectivity index (χ3v) is 4.40. The summed E-state index contributed by atoms with van der Waals surface area (Å²) in [5.74, 6) is 0.641. The molecule has 1 unspecified atom stereocenters. The molecule has 1 atom stereocenters. The summed E-state index contributed by atoms with van der Waals surface area (Å²) in [5.41, 5.74) is 1.08. The van der Waals surface area contributed by atoms with Crippen molar-refractivity contribution in [2.24, 2.45) is 0 Å². The van der Waals surface area contributed by atoms with Crippen LogP contribution in [0.4, 0.5) is 0 Å². The summed E-state index contributed by atoms with van der Waals surface area (Å²) in [6.45, 7) is 3.02. The molecule has 6 nitrogen and oxygen atoms in total. The molecule has 0 aliphatic carbocycles. The Morgan fingerprint density at radius 2 is 2.15 bits per heavy atom. The van der Waals surface area contributed by atoms with Crippen LogP contribution < -0.4 is 10.9 Å². The molecule has 1 aliphatic rings. The molecule has 1 aliphatic heterocycles. The third kappa shape index (κ3) is 4.22. The van der Waals surface area contributed by atoms with Crippen LogP contribution in [0.3, 0.4) is 0 Å². The van der Waals surface area contributed by atoms with Gasteiger partial charge < -0.3 is 19.6 Å². The molecule has 140 valence electrons. The van der Waals surface area contributed by atoms with Crippen LogP contribution in [-0.2, 0) is 11.3 Å². The van der Waals surface area contributed by atoms with Crippen molar-refractivity contribution in [1.82, 2.24) is 19.9 Å². The van der Waals surface area contributed by atoms with Gasteiger partial charge in [0.2, 0.25) is 0 Å². The van der Waals surface area contributed by atoms with Gasteiger partial charge in [0, 0.05) is 36.0 Å². The number of imidazole rings is 1. The van der Waals surface area contributed by atoms with Gasteiger partial charge >= 0.3 is 0 Å². The molecule has 26 heavy (non-hydrogen) atoms. The number of nitrogens with zero attached hydrogens (tertiary/aromatic N) is 2. The van der Waals surface area contributed by atoms with E-state index in [0.717, 1.165) is 18.5 Å². The lowest BCUT2D eigenvalue weighted by Crippen LogP contribution is -2.40. The smallest absolute Gasteiger partial charge is 0.259 e. The van der Waals surface area contributed by atoms with E-state index in [-0.39, 0.29) is 36.5 Å². The van der Waals surface area contributed by atoms with Crippen LogP contribution in [0.15, 0.2) is 41.5 Å². The zero-order valence-corrected chi connectivity index (χ0v) is 16.2. The highest BCUT2D eigenvalue weighted by atomic mass is 35.5. The molecule has 2 aromatic heterocycles. The average Bonchev–Trinajstić information content (AvgIpc) is 3.03. The molecule has 3 aromatic rings. The minimum Gasteiger partial charge on any atom is -0.374 e. The van der Waals surface area contributed by atoms with E-state index < -0.39 is 0 Å². The lowest BCUT2D eigenvalue weighted by Gasteiger charge is -2.24. The highest BCUT2D eigenvalue weighted by Crippen LogP contribution is 2.21. The Morgan fingerprint density at radius 3 is 2.92 bits per heavy atom. The van der Waals surface area contributed by atoms with Crippen LogP contribution >= 0.6 is 36.4 Å². The summed E-state index contributed by atoms with van der Waals surface area (Å²) in [5, 5.41) is 4.82. The normalized spacial score (nSPS) is 16.7. The average molecular weight is 418 g/mol. The number of fused-ring (bicyclic) bond motifs is 1. The Morgan fingerprint density at radius 1 is 1.31 bits per heavy atom. The fourth-order valence-corrected chi connectivity index (χ4v) is 3.17. The lowest BCUT2D eigenvalue weighted by molar-refractivity contribution is 0.0185. The molecular weight excluding hydrogens is 399 g/mol. The van der Waals surface area contributed by atoms with Crippen molar-refractivity contribution in [3.05, 3.63) is 52.0 Å². The number of halogens is 3. The maximum atomic E-state index is 12.5. The molecule has 0 bridgehead atoms. The van der Waals surface area contributed by atoms with Gasteiger partial charge in [-0.15, -0.1) is 24.8 Å². The monoisotopic (exact) mass is 416 g/mol. The maximum Gasteiger partial charge on any atom is 0.259 e. The number of H-pyrrole nitrogens is 1. The fraction of sp³-hybridized carbons (Fsp3) is 0.294. The van der Waals surface area contributed by atoms with E-state index in [9.17, 15) is 4.79 Å². The molecule has 9 heteroatoms. The molecule has 2 N–H and O–H groups in total. The molecule has 0 amide bonds. The van der Waals surface area contributed by atoms with Gasteiger partial charge in [0.05, 0.1) is 24.8 Å². The molecule has 0 saturated carbocycles. The van der Waals surface area contributed by atoms with E-state index in [4.69, 9.17) is 16.3 Å². The summed E-state index contributed by atoms with van der Waals surface area (Å²) in [6.07, 6.45) is 3.65. The Balaban J connectivity index is 0.00000121. The van der Waals surface area contributed by atoms with Crippen LogP contribution in [0, 0.1) is 0 Å². The Labute approximate surface area is 167 Å². The summed E-state index contributed by atoms with van der Waals surface area (Å²) < 4.78 is 7.71. The first-order chi connectivity index (χ1) is 11.7. The van der Waals surface area contributed by atoms with E-state index in [1.54, 1.807) is 18.3 Å². The van der Waals surface area contributed by atoms with Crippen molar-refractivity contribution in [2.75, 3.05) is 19.7 Å². The van der Waals surface area contributed by atoms with E-state index in [2.05, 4.69) is 15.3 Å². The second-order valence-electron chi connectivity index (χ2n) is 5.84. The van der Waals surface area contributed by atoms with Crippen molar-refractivity contribution >= 4 is 47.3 Å². The summed E-state index contributed by atoms with van der Waals surface area (Å²) in [6, 6.07) is 7.29. The second kappa shape index (κ2) is 8.88. The number of benzene rings is 1. The van der Waals surface area contributed by atoms with Crippen LogP contribution in [0.1, 0.15) is 0 Å². The van der Waals surface area contributed by atoms with Gasteiger partial charge in [-0.2, -0.15) is 0 Å². The Bertz CT molecular complexity index is 935. The zero-order valence-electron chi connectivity index (χ0n) is 13.8. The van der Waals surface area contributed by atoms with Crippen molar-refractivity contribution < 1.29 is 4.74 Å². The summed E-state index contributed by atoms with van der Waals surface area (Å²) in [7, 11) is 0. The first-order valence-corrected chi connectivity index (χ1v) is 8.25. The van der Waals surface area contributed by atoms with E-state index in [1.807, 2.05) is 22.9 Å². The van der Waals surface area contributed by atoms with Gasteiger partial charge in [-0.3, -0.25) is 4.79 Å². The van der Waals surface area contributed by atoms with E-state index in [0.29, 0.717) is 35.1 Å². The standard InChI is InChI=1S/C17H17ClN4O2.2ClH/c18-12-2-1-11-7-14(17(23)21-15(11)8-12)16-20-3-5-22(16)10-13-9-19-4-6-24-13;;/h1-3,5,7-8,13,19H,4,6,9-10H2,(H,21,23);2*1H. The first kappa shape index (κ1) is 20.7. The van der Waals surface area contributed by atoms with Crippen LogP contribution in [-0.4, -0.2) is 40.3 Å². The summed E-state index contributed by atoms with van der Waals surface area (Å²) in [4.78, 5) is 19.8. The zero-order chi connectivity index (χ0) is 16.5. The van der Waals surface area contributed by atoms with Gasteiger partial charge in [0.25, 0.3) is 5.56 Å². The summed E-state index contributed by atoms with van der Waals surface area (Å²) >= 11 is 5.99. The van der Waals surface area contributed by atoms with Gasteiger partial charge in [-0.1, -0.05) is 17.7 Å². The highest BCUT2D eigenvalue weighted by Gasteiger charge is 2.17. The van der Waals surface area contributed by atoms with E-state index >= 15 is 0 Å². The van der Waals surface area contributed by atoms with Crippen molar-refractivity contribution in [1.29, 1.82) is 0 Å². The minimum atomic E-state index is -0.181. The van der Waals surface area contributed by atoms with Crippen molar-refractivity contribution in [3.8, 4) is 11.4 Å². The number of nitrogens with one attached hydrogen (secondary N) is 2. The number of ether oxygens (including phenoxy) is 1. The third-order valence-electron chi connectivity index (χ3n) is 4.17. The molecule has 3 heterocycles. The fourth-order valence-electron chi connectivity index (χ4n) is 3.00. The lowest BCUT2D eigenvalue weighted by atomic mass is 10.1. The van der Waals surface area contributed by atoms with Crippen molar-refractivity contribution in [2.45, 2.75) is 12.6 Å². The SMILES string of the molecule is Cl.Cl.O=c1[nH]c2cc(Cl)ccc2cc1-c1nccn1CC1CNCCO1. The number of hydrogen-bond acceptors (Lipinski definition) is 4. The first-order valence-electron chi connectivity index (χ1n) is 7.87. The number of morpholine rings is 1. The number of hydrogen-bond donors (Lipinski definition) is 2. The number of aromatic amines is 1. The van der Waals surface area contributed by atoms with Crippen LogP contribution in [0.2, 0.25) is 5.02 Å². The number of pyridine rings is 1. The molecule has 0 spiro atoms. The predicted octanol–water partition coefficient (Wildman–Crippen LogP) is 2.88.